The van der Waals surface area contributed by atoms with Gasteiger partial charge in [0.15, 0.2) is 0 Å². The molecule has 0 radical (unpaired) electrons. The minimum Gasteiger partial charge on any atom is -0.546 e. The molecule has 1 atom stereocenters. The van der Waals surface area contributed by atoms with Crippen molar-refractivity contribution in [1.29, 1.82) is 0 Å². The van der Waals surface area contributed by atoms with Gasteiger partial charge in [-0.1, -0.05) is 41.9 Å². The van der Waals surface area contributed by atoms with Crippen LogP contribution in [0.3, 0.4) is 0 Å². The summed E-state index contributed by atoms with van der Waals surface area (Å²) in [5.41, 5.74) is 1.53. The molecule has 0 aliphatic carbocycles. The molecule has 0 saturated heterocycles. The van der Waals surface area contributed by atoms with Gasteiger partial charge in [0.1, 0.15) is 12.4 Å². The van der Waals surface area contributed by atoms with Crippen LogP contribution in [0, 0.1) is 0 Å². The molecule has 174 valence electrons. The molecule has 0 bridgehead atoms. The largest absolute Gasteiger partial charge is 1.00 e. The van der Waals surface area contributed by atoms with E-state index in [1.165, 1.54) is 30.3 Å². The Morgan fingerprint density at radius 1 is 1.03 bits per heavy atom. The molecule has 0 fully saturated rings. The van der Waals surface area contributed by atoms with Gasteiger partial charge >= 0.3 is 29.6 Å². The number of aliphatic carboxylic acids is 1. The Hall–Kier alpha value is -1.91. The zero-order valence-corrected chi connectivity index (χ0v) is 22.2. The van der Waals surface area contributed by atoms with Gasteiger partial charge in [-0.25, -0.2) is 8.42 Å². The molecular weight excluding hydrogens is 489 g/mol. The van der Waals surface area contributed by atoms with E-state index in [1.54, 1.807) is 36.4 Å². The van der Waals surface area contributed by atoms with E-state index in [0.717, 1.165) is 5.56 Å². The number of carboxylic acids is 1. The minimum atomic E-state index is -3.82. The second kappa shape index (κ2) is 13.3. The Balaban J connectivity index is 0.00000408. The van der Waals surface area contributed by atoms with Crippen molar-refractivity contribution in [1.82, 2.24) is 5.32 Å². The summed E-state index contributed by atoms with van der Waals surface area (Å²) in [5, 5.41) is 24.5. The molecule has 0 aliphatic rings. The Morgan fingerprint density at radius 3 is 2.41 bits per heavy atom. The van der Waals surface area contributed by atoms with Gasteiger partial charge in [0, 0.05) is 11.6 Å². The number of ether oxygens (including phenoxy) is 1. The van der Waals surface area contributed by atoms with Crippen LogP contribution < -0.4 is 44.7 Å². The molecule has 3 rings (SSSR count). The van der Waals surface area contributed by atoms with Crippen LogP contribution in [0.25, 0.3) is 0 Å². The van der Waals surface area contributed by atoms with Crippen molar-refractivity contribution in [2.45, 2.75) is 22.3 Å². The molecule has 2 N–H and O–H groups in total. The molecule has 0 aliphatic heterocycles. The zero-order valence-electron chi connectivity index (χ0n) is 18.6. The SMILES string of the molecule is O=C([O-])COc1cccc(S(=O)(=O)c2cccc(CCNC[C@H](O)c3cccc(Cl)c3)c2)c1.[Na+]. The second-order valence-electron chi connectivity index (χ2n) is 7.31. The van der Waals surface area contributed by atoms with Crippen LogP contribution in [-0.4, -0.2) is 39.2 Å². The fraction of sp³-hybridized carbons (Fsp3) is 0.208. The Labute approximate surface area is 225 Å². The maximum Gasteiger partial charge on any atom is 1.00 e. The van der Waals surface area contributed by atoms with Gasteiger partial charge in [0.2, 0.25) is 9.84 Å². The summed E-state index contributed by atoms with van der Waals surface area (Å²) in [7, 11) is -3.82. The fourth-order valence-corrected chi connectivity index (χ4v) is 4.75. The third-order valence-corrected chi connectivity index (χ3v) is 6.83. The number of sulfone groups is 1. The number of nitrogens with one attached hydrogen (secondary N) is 1. The van der Waals surface area contributed by atoms with Gasteiger partial charge in [-0.3, -0.25) is 0 Å². The molecule has 3 aromatic rings. The monoisotopic (exact) mass is 511 g/mol. The van der Waals surface area contributed by atoms with E-state index in [0.29, 0.717) is 30.1 Å². The molecule has 34 heavy (non-hydrogen) atoms. The molecule has 0 spiro atoms. The van der Waals surface area contributed by atoms with E-state index in [9.17, 15) is 23.4 Å². The number of hydrogen-bond donors (Lipinski definition) is 2. The third kappa shape index (κ3) is 8.09. The van der Waals surface area contributed by atoms with Crippen LogP contribution in [0.4, 0.5) is 0 Å². The quantitative estimate of drug-likeness (QED) is 0.255. The van der Waals surface area contributed by atoms with Crippen molar-refractivity contribution >= 4 is 27.4 Å². The first-order valence-electron chi connectivity index (χ1n) is 10.2. The van der Waals surface area contributed by atoms with Gasteiger partial charge in [0.05, 0.1) is 21.9 Å². The van der Waals surface area contributed by atoms with Crippen LogP contribution in [0.5, 0.6) is 5.75 Å². The number of hydrogen-bond acceptors (Lipinski definition) is 7. The summed E-state index contributed by atoms with van der Waals surface area (Å²) >= 11 is 5.95. The summed E-state index contributed by atoms with van der Waals surface area (Å²) < 4.78 is 31.1. The van der Waals surface area contributed by atoms with Gasteiger partial charge in [-0.2, -0.15) is 0 Å². The summed E-state index contributed by atoms with van der Waals surface area (Å²) in [4.78, 5) is 10.7. The van der Waals surface area contributed by atoms with Gasteiger partial charge in [-0.15, -0.1) is 0 Å². The van der Waals surface area contributed by atoms with E-state index in [4.69, 9.17) is 16.3 Å². The van der Waals surface area contributed by atoms with Gasteiger partial charge in [0.25, 0.3) is 0 Å². The molecule has 0 saturated carbocycles. The minimum absolute atomic E-state index is 0. The molecule has 10 heteroatoms. The van der Waals surface area contributed by atoms with Crippen molar-refractivity contribution in [2.75, 3.05) is 19.7 Å². The molecule has 7 nitrogen and oxygen atoms in total. The maximum atomic E-state index is 13.0. The summed E-state index contributed by atoms with van der Waals surface area (Å²) in [5.74, 6) is -1.27. The Kier molecular flexibility index (Phi) is 11.0. The number of carboxylic acid groups (broad SMARTS) is 1. The van der Waals surface area contributed by atoms with E-state index in [-0.39, 0.29) is 45.1 Å². The van der Waals surface area contributed by atoms with E-state index in [1.807, 2.05) is 6.07 Å². The van der Waals surface area contributed by atoms with Gasteiger partial charge < -0.3 is 25.1 Å². The average molecular weight is 512 g/mol. The van der Waals surface area contributed by atoms with Crippen LogP contribution in [0.2, 0.25) is 5.02 Å². The molecule has 3 aromatic carbocycles. The van der Waals surface area contributed by atoms with Crippen LogP contribution in [0.15, 0.2) is 82.6 Å². The number of carbonyl (C=O) groups excluding carboxylic acids is 1. The van der Waals surface area contributed by atoms with E-state index in [2.05, 4.69) is 5.32 Å². The zero-order chi connectivity index (χ0) is 23.8. The standard InChI is InChI=1S/C24H24ClNO6S.Na/c25-19-6-2-5-18(13-19)23(27)15-26-11-10-17-4-1-8-21(12-17)33(30,31)22-9-3-7-20(14-22)32-16-24(28)29;/h1-9,12-14,23,26-27H,10-11,15-16H2,(H,28,29);/q;+1/p-1/t23-;/m0./s1. The topological polar surface area (TPSA) is 116 Å². The first-order valence-corrected chi connectivity index (χ1v) is 12.0. The smallest absolute Gasteiger partial charge is 0.546 e. The summed E-state index contributed by atoms with van der Waals surface area (Å²) in [6, 6.07) is 19.3. The normalized spacial score (nSPS) is 11.9. The Bertz CT molecular complexity index is 1220. The van der Waals surface area contributed by atoms with Crippen LogP contribution in [-0.2, 0) is 21.1 Å². The van der Waals surface area contributed by atoms with Crippen molar-refractivity contribution in [3.8, 4) is 5.75 Å². The van der Waals surface area contributed by atoms with E-state index < -0.39 is 28.5 Å². The predicted molar refractivity (Wildman–Crippen MR) is 122 cm³/mol. The Morgan fingerprint density at radius 2 is 1.71 bits per heavy atom. The number of halogens is 1. The van der Waals surface area contributed by atoms with Crippen LogP contribution in [0.1, 0.15) is 17.2 Å². The van der Waals surface area contributed by atoms with E-state index >= 15 is 0 Å². The van der Waals surface area contributed by atoms with Crippen molar-refractivity contribution < 1.29 is 57.7 Å². The molecule has 0 unspecified atom stereocenters. The third-order valence-electron chi connectivity index (χ3n) is 4.84. The average Bonchev–Trinajstić information content (AvgIpc) is 2.81. The second-order valence-corrected chi connectivity index (χ2v) is 9.70. The fourth-order valence-electron chi connectivity index (χ4n) is 3.18. The number of aliphatic hydroxyl groups excluding tert-OH is 1. The maximum absolute atomic E-state index is 13.0. The number of rotatable bonds is 11. The van der Waals surface area contributed by atoms with Crippen LogP contribution >= 0.6 is 11.6 Å². The van der Waals surface area contributed by atoms with Crippen molar-refractivity contribution in [2.24, 2.45) is 0 Å². The molecule has 0 heterocycles. The predicted octanol–water partition coefficient (Wildman–Crippen LogP) is -0.829. The van der Waals surface area contributed by atoms with Crippen molar-refractivity contribution in [3.63, 3.8) is 0 Å². The van der Waals surface area contributed by atoms with Gasteiger partial charge in [-0.05, 0) is 66.6 Å². The summed E-state index contributed by atoms with van der Waals surface area (Å²) in [6.07, 6.45) is -0.151. The number of aliphatic hydroxyl groups is 1. The molecule has 0 aromatic heterocycles. The number of benzene rings is 3. The number of carbonyl (C=O) groups is 1. The summed E-state index contributed by atoms with van der Waals surface area (Å²) in [6.45, 7) is 0.197. The van der Waals surface area contributed by atoms with Crippen molar-refractivity contribution in [3.05, 3.63) is 88.9 Å². The molecular formula is C24H23ClNNaO6S. The first kappa shape index (κ1) is 28.3. The molecule has 0 amide bonds. The first-order chi connectivity index (χ1) is 15.8.